The van der Waals surface area contributed by atoms with Crippen LogP contribution >= 0.6 is 0 Å². The zero-order valence-corrected chi connectivity index (χ0v) is 13.6. The average molecular weight is 364 g/mol. The van der Waals surface area contributed by atoms with E-state index in [4.69, 9.17) is 0 Å². The van der Waals surface area contributed by atoms with Gasteiger partial charge in [0.05, 0.1) is 23.1 Å². The molecule has 0 fully saturated rings. The molecule has 1 aromatic heterocycles. The number of phenols is 1. The molecule has 1 amide bonds. The van der Waals surface area contributed by atoms with E-state index in [1.54, 1.807) is 4.72 Å². The van der Waals surface area contributed by atoms with Crippen LogP contribution in [0.25, 0.3) is 0 Å². The van der Waals surface area contributed by atoms with Gasteiger partial charge in [-0.05, 0) is 30.3 Å². The summed E-state index contributed by atoms with van der Waals surface area (Å²) in [4.78, 5) is 37.6. The predicted molar refractivity (Wildman–Crippen MR) is 83.7 cm³/mol. The summed E-state index contributed by atoms with van der Waals surface area (Å²) in [5, 5.41) is 9.40. The van der Waals surface area contributed by atoms with E-state index in [-0.39, 0.29) is 23.1 Å². The van der Waals surface area contributed by atoms with Gasteiger partial charge in [-0.15, -0.1) is 0 Å². The van der Waals surface area contributed by atoms with Crippen LogP contribution in [-0.4, -0.2) is 43.8 Å². The first-order chi connectivity index (χ1) is 11.8. The van der Waals surface area contributed by atoms with Gasteiger partial charge in [-0.2, -0.15) is 0 Å². The second kappa shape index (κ2) is 7.09. The van der Waals surface area contributed by atoms with Crippen LogP contribution in [0, 0.1) is 0 Å². The van der Waals surface area contributed by atoms with Crippen molar-refractivity contribution in [3.05, 3.63) is 53.3 Å². The zero-order chi connectivity index (χ0) is 18.6. The Labute approximate surface area is 142 Å². The predicted octanol–water partition coefficient (Wildman–Crippen LogP) is 0.505. The molecule has 25 heavy (non-hydrogen) atoms. The number of phenolic OH excluding ortho intramolecular Hbond substituents is 1. The molecule has 0 radical (unpaired) electrons. The monoisotopic (exact) mass is 364 g/mol. The number of aromatic hydroxyl groups is 1. The van der Waals surface area contributed by atoms with Gasteiger partial charge in [0.2, 0.25) is 0 Å². The molecule has 0 bridgehead atoms. The third-order valence-electron chi connectivity index (χ3n) is 3.08. The quantitative estimate of drug-likeness (QED) is 0.577. The molecular formula is C15H12N2O7S. The Bertz CT molecular complexity index is 954. The fourth-order valence-electron chi connectivity index (χ4n) is 1.83. The topological polar surface area (TPSA) is 140 Å². The lowest BCUT2D eigenvalue weighted by molar-refractivity contribution is 0.0600. The van der Waals surface area contributed by atoms with E-state index in [0.29, 0.717) is 0 Å². The highest BCUT2D eigenvalue weighted by atomic mass is 32.2. The number of sulfonamides is 1. The Morgan fingerprint density at radius 1 is 1.24 bits per heavy atom. The standard InChI is InChI=1S/C15H12N2O7S/c1-24-15(21)9-4-5-16-12(7-9)14(20)17-25(22,23)11-2-3-13(19)10(6-11)8-18/h2-8,19H,1H3,(H,17,20). The van der Waals surface area contributed by atoms with Gasteiger partial charge in [0.1, 0.15) is 11.4 Å². The maximum atomic E-state index is 12.2. The van der Waals surface area contributed by atoms with Gasteiger partial charge in [0.15, 0.2) is 6.29 Å². The minimum absolute atomic E-state index is 0.0212. The van der Waals surface area contributed by atoms with E-state index in [9.17, 15) is 27.9 Å². The summed E-state index contributed by atoms with van der Waals surface area (Å²) >= 11 is 0. The number of carbonyl (C=O) groups excluding carboxylic acids is 3. The Kier molecular flexibility index (Phi) is 5.13. The van der Waals surface area contributed by atoms with Gasteiger partial charge >= 0.3 is 5.97 Å². The maximum absolute atomic E-state index is 12.2. The number of esters is 1. The summed E-state index contributed by atoms with van der Waals surface area (Å²) in [7, 11) is -3.17. The number of methoxy groups -OCH3 is 1. The molecule has 0 aliphatic rings. The fourth-order valence-corrected chi connectivity index (χ4v) is 2.82. The lowest BCUT2D eigenvalue weighted by Crippen LogP contribution is -2.31. The summed E-state index contributed by atoms with van der Waals surface area (Å²) in [5.74, 6) is -2.19. The molecule has 2 rings (SSSR count). The molecule has 1 aromatic carbocycles. The van der Waals surface area contributed by atoms with Crippen molar-refractivity contribution in [1.82, 2.24) is 9.71 Å². The van der Waals surface area contributed by atoms with Crippen molar-refractivity contribution in [3.8, 4) is 5.75 Å². The van der Waals surface area contributed by atoms with Crippen LogP contribution in [0.2, 0.25) is 0 Å². The number of rotatable bonds is 5. The highest BCUT2D eigenvalue weighted by Crippen LogP contribution is 2.19. The van der Waals surface area contributed by atoms with Gasteiger partial charge in [-0.3, -0.25) is 14.6 Å². The molecule has 0 aliphatic heterocycles. The van der Waals surface area contributed by atoms with E-state index >= 15 is 0 Å². The van der Waals surface area contributed by atoms with Gasteiger partial charge in [-0.1, -0.05) is 0 Å². The minimum Gasteiger partial charge on any atom is -0.507 e. The van der Waals surface area contributed by atoms with E-state index in [1.165, 1.54) is 6.07 Å². The Balaban J connectivity index is 2.30. The highest BCUT2D eigenvalue weighted by Gasteiger charge is 2.21. The number of carbonyl (C=O) groups is 3. The summed E-state index contributed by atoms with van der Waals surface area (Å²) in [6.07, 6.45) is 1.43. The van der Waals surface area contributed by atoms with Crippen molar-refractivity contribution in [2.75, 3.05) is 7.11 Å². The smallest absolute Gasteiger partial charge is 0.337 e. The van der Waals surface area contributed by atoms with Gasteiger partial charge in [0.25, 0.3) is 15.9 Å². The van der Waals surface area contributed by atoms with E-state index < -0.39 is 32.5 Å². The number of pyridine rings is 1. The maximum Gasteiger partial charge on any atom is 0.337 e. The Morgan fingerprint density at radius 2 is 1.96 bits per heavy atom. The van der Waals surface area contributed by atoms with Crippen molar-refractivity contribution >= 4 is 28.2 Å². The number of aldehydes is 1. The van der Waals surface area contributed by atoms with E-state index in [1.807, 2.05) is 0 Å². The lowest BCUT2D eigenvalue weighted by atomic mass is 10.2. The number of amides is 1. The summed E-state index contributed by atoms with van der Waals surface area (Å²) in [5.41, 5.74) is -0.546. The third kappa shape index (κ3) is 3.98. The molecule has 1 heterocycles. The highest BCUT2D eigenvalue weighted by molar-refractivity contribution is 7.90. The zero-order valence-electron chi connectivity index (χ0n) is 12.8. The number of ether oxygens (including phenoxy) is 1. The van der Waals surface area contributed by atoms with Crippen LogP contribution in [0.4, 0.5) is 0 Å². The Hall–Kier alpha value is -3.27. The summed E-state index contributed by atoms with van der Waals surface area (Å²) in [6, 6.07) is 5.32. The molecule has 2 N–H and O–H groups in total. The SMILES string of the molecule is COC(=O)c1ccnc(C(=O)NS(=O)(=O)c2ccc(O)c(C=O)c2)c1. The number of nitrogens with one attached hydrogen (secondary N) is 1. The molecule has 0 unspecified atom stereocenters. The van der Waals surface area contributed by atoms with Crippen molar-refractivity contribution in [1.29, 1.82) is 0 Å². The van der Waals surface area contributed by atoms with Crippen molar-refractivity contribution < 1.29 is 32.6 Å². The number of hydrogen-bond acceptors (Lipinski definition) is 8. The number of nitrogens with zero attached hydrogens (tertiary/aromatic N) is 1. The second-order valence-electron chi connectivity index (χ2n) is 4.69. The number of benzene rings is 1. The first-order valence-corrected chi connectivity index (χ1v) is 8.16. The molecular weight excluding hydrogens is 352 g/mol. The number of hydrogen-bond donors (Lipinski definition) is 2. The molecule has 0 saturated carbocycles. The summed E-state index contributed by atoms with van der Waals surface area (Å²) < 4.78 is 30.7. The minimum atomic E-state index is -4.32. The normalized spacial score (nSPS) is 10.8. The van der Waals surface area contributed by atoms with Crippen LogP contribution in [0.3, 0.4) is 0 Å². The van der Waals surface area contributed by atoms with Crippen molar-refractivity contribution in [2.45, 2.75) is 4.90 Å². The number of aromatic nitrogens is 1. The van der Waals surface area contributed by atoms with Crippen molar-refractivity contribution in [2.24, 2.45) is 0 Å². The molecule has 0 saturated heterocycles. The molecule has 2 aromatic rings. The van der Waals surface area contributed by atoms with E-state index in [2.05, 4.69) is 9.72 Å². The van der Waals surface area contributed by atoms with Gasteiger partial charge in [0, 0.05) is 6.20 Å². The first kappa shape index (κ1) is 18.1. The largest absolute Gasteiger partial charge is 0.507 e. The molecule has 9 nitrogen and oxygen atoms in total. The summed E-state index contributed by atoms with van der Waals surface area (Å²) in [6.45, 7) is 0. The van der Waals surface area contributed by atoms with Crippen LogP contribution in [0.5, 0.6) is 5.75 Å². The van der Waals surface area contributed by atoms with Crippen LogP contribution in [0.1, 0.15) is 31.2 Å². The third-order valence-corrected chi connectivity index (χ3v) is 4.41. The van der Waals surface area contributed by atoms with Crippen LogP contribution in [0.15, 0.2) is 41.4 Å². The van der Waals surface area contributed by atoms with Crippen LogP contribution in [-0.2, 0) is 14.8 Å². The molecule has 0 spiro atoms. The van der Waals surface area contributed by atoms with Crippen LogP contribution < -0.4 is 4.72 Å². The average Bonchev–Trinajstić information content (AvgIpc) is 2.60. The second-order valence-corrected chi connectivity index (χ2v) is 6.38. The first-order valence-electron chi connectivity index (χ1n) is 6.68. The molecule has 0 aliphatic carbocycles. The Morgan fingerprint density at radius 3 is 2.60 bits per heavy atom. The molecule has 0 atom stereocenters. The molecule has 10 heteroatoms. The van der Waals surface area contributed by atoms with E-state index in [0.717, 1.165) is 37.6 Å². The molecule has 130 valence electrons. The van der Waals surface area contributed by atoms with Crippen molar-refractivity contribution in [3.63, 3.8) is 0 Å². The van der Waals surface area contributed by atoms with Gasteiger partial charge < -0.3 is 9.84 Å². The fraction of sp³-hybridized carbons (Fsp3) is 0.0667. The van der Waals surface area contributed by atoms with Gasteiger partial charge in [-0.25, -0.2) is 17.9 Å². The lowest BCUT2D eigenvalue weighted by Gasteiger charge is -2.08.